The Balaban J connectivity index is 1.47. The van der Waals surface area contributed by atoms with E-state index in [1.54, 1.807) is 6.92 Å². The van der Waals surface area contributed by atoms with Crippen LogP contribution in [0.25, 0.3) is 16.0 Å². The number of nitrogens with zero attached hydrogens (tertiary/aromatic N) is 2. The van der Waals surface area contributed by atoms with E-state index < -0.39 is 0 Å². The van der Waals surface area contributed by atoms with Gasteiger partial charge >= 0.3 is 5.97 Å². The van der Waals surface area contributed by atoms with Crippen molar-refractivity contribution in [3.63, 3.8) is 0 Å². The Morgan fingerprint density at radius 2 is 1.73 bits per heavy atom. The minimum absolute atomic E-state index is 0.176. The molecule has 1 saturated heterocycles. The molecule has 1 aliphatic rings. The minimum Gasteiger partial charge on any atom is -0.462 e. The summed E-state index contributed by atoms with van der Waals surface area (Å²) in [6.45, 7) is 11.9. The second-order valence-corrected chi connectivity index (χ2v) is 8.70. The first-order valence-electron chi connectivity index (χ1n) is 11.3. The molecule has 1 fully saturated rings. The SMILES string of the molecule is [C-]#[N+]C(c1ccccc1-c1ccc(Cl)cc1)C1CCN(c2ccc(C(=O)OCC)cc2)CC1. The third-order valence-corrected chi connectivity index (χ3v) is 6.56. The van der Waals surface area contributed by atoms with Gasteiger partial charge in [0.1, 0.15) is 0 Å². The van der Waals surface area contributed by atoms with Gasteiger partial charge in [0.25, 0.3) is 6.04 Å². The van der Waals surface area contributed by atoms with Crippen molar-refractivity contribution in [3.05, 3.63) is 100 Å². The van der Waals surface area contributed by atoms with Crippen LogP contribution < -0.4 is 4.90 Å². The molecule has 0 amide bonds. The molecule has 33 heavy (non-hydrogen) atoms. The Morgan fingerprint density at radius 3 is 2.36 bits per heavy atom. The quantitative estimate of drug-likeness (QED) is 0.293. The van der Waals surface area contributed by atoms with Gasteiger partial charge in [-0.1, -0.05) is 48.0 Å². The van der Waals surface area contributed by atoms with Gasteiger partial charge in [-0.15, -0.1) is 0 Å². The zero-order chi connectivity index (χ0) is 23.2. The summed E-state index contributed by atoms with van der Waals surface area (Å²) in [7, 11) is 0. The summed E-state index contributed by atoms with van der Waals surface area (Å²) in [5.41, 5.74) is 4.95. The molecule has 1 unspecified atom stereocenters. The lowest BCUT2D eigenvalue weighted by molar-refractivity contribution is 0.0526. The highest BCUT2D eigenvalue weighted by molar-refractivity contribution is 6.30. The molecule has 1 atom stereocenters. The predicted octanol–water partition coefficient (Wildman–Crippen LogP) is 7.06. The highest BCUT2D eigenvalue weighted by Gasteiger charge is 2.33. The van der Waals surface area contributed by atoms with E-state index in [9.17, 15) is 4.79 Å². The Labute approximate surface area is 200 Å². The van der Waals surface area contributed by atoms with Gasteiger partial charge in [0, 0.05) is 35.3 Å². The van der Waals surface area contributed by atoms with Crippen LogP contribution in [-0.2, 0) is 4.74 Å². The summed E-state index contributed by atoms with van der Waals surface area (Å²) >= 11 is 6.08. The lowest BCUT2D eigenvalue weighted by Gasteiger charge is -2.34. The lowest BCUT2D eigenvalue weighted by Crippen LogP contribution is -2.35. The molecule has 1 aliphatic heterocycles. The van der Waals surface area contributed by atoms with Gasteiger partial charge in [0.05, 0.1) is 12.2 Å². The first kappa shape index (κ1) is 22.9. The molecular formula is C28H27ClN2O2. The van der Waals surface area contributed by atoms with Gasteiger partial charge in [0.2, 0.25) is 0 Å². The lowest BCUT2D eigenvalue weighted by atomic mass is 9.83. The van der Waals surface area contributed by atoms with E-state index in [1.807, 2.05) is 60.7 Å². The highest BCUT2D eigenvalue weighted by atomic mass is 35.5. The molecule has 0 bridgehead atoms. The first-order valence-corrected chi connectivity index (χ1v) is 11.7. The number of rotatable bonds is 6. The summed E-state index contributed by atoms with van der Waals surface area (Å²) < 4.78 is 5.07. The van der Waals surface area contributed by atoms with E-state index in [0.29, 0.717) is 23.1 Å². The van der Waals surface area contributed by atoms with Crippen molar-refractivity contribution in [2.45, 2.75) is 25.8 Å². The Hall–Kier alpha value is -3.29. The summed E-state index contributed by atoms with van der Waals surface area (Å²) in [4.78, 5) is 18.3. The summed E-state index contributed by atoms with van der Waals surface area (Å²) in [6.07, 6.45) is 1.89. The van der Waals surface area contributed by atoms with Crippen LogP contribution in [0.15, 0.2) is 72.8 Å². The number of hydrogen-bond donors (Lipinski definition) is 0. The maximum atomic E-state index is 11.9. The number of ether oxygens (including phenoxy) is 1. The van der Waals surface area contributed by atoms with Crippen LogP contribution in [0.1, 0.15) is 41.7 Å². The number of esters is 1. The summed E-state index contributed by atoms with van der Waals surface area (Å²) in [5.74, 6) is 0.00742. The summed E-state index contributed by atoms with van der Waals surface area (Å²) in [5, 5.41) is 0.709. The molecular weight excluding hydrogens is 432 g/mol. The molecule has 4 nitrogen and oxygen atoms in total. The fraction of sp³-hybridized carbons (Fsp3) is 0.286. The number of piperidine rings is 1. The average Bonchev–Trinajstić information content (AvgIpc) is 2.86. The molecule has 0 radical (unpaired) electrons. The largest absolute Gasteiger partial charge is 0.462 e. The molecule has 0 aliphatic carbocycles. The maximum absolute atomic E-state index is 11.9. The topological polar surface area (TPSA) is 33.9 Å². The molecule has 168 valence electrons. The third kappa shape index (κ3) is 5.21. The van der Waals surface area contributed by atoms with Gasteiger partial charge in [-0.2, -0.15) is 0 Å². The number of carbonyl (C=O) groups excluding carboxylic acids is 1. The molecule has 3 aromatic rings. The van der Waals surface area contributed by atoms with Crippen molar-refractivity contribution in [3.8, 4) is 11.1 Å². The van der Waals surface area contributed by atoms with Crippen LogP contribution in [0.2, 0.25) is 5.02 Å². The molecule has 0 N–H and O–H groups in total. The number of benzene rings is 3. The van der Waals surface area contributed by atoms with Crippen molar-refractivity contribution in [1.82, 2.24) is 0 Å². The van der Waals surface area contributed by atoms with Crippen molar-refractivity contribution in [2.24, 2.45) is 5.92 Å². The molecule has 0 aromatic heterocycles. The molecule has 0 saturated carbocycles. The predicted molar refractivity (Wildman–Crippen MR) is 134 cm³/mol. The van der Waals surface area contributed by atoms with Crippen molar-refractivity contribution < 1.29 is 9.53 Å². The number of anilines is 1. The second-order valence-electron chi connectivity index (χ2n) is 8.26. The molecule has 4 rings (SSSR count). The average molecular weight is 459 g/mol. The zero-order valence-corrected chi connectivity index (χ0v) is 19.5. The fourth-order valence-corrected chi connectivity index (χ4v) is 4.70. The van der Waals surface area contributed by atoms with E-state index in [1.165, 1.54) is 0 Å². The smallest absolute Gasteiger partial charge is 0.338 e. The normalized spacial score (nSPS) is 15.0. The Bertz CT molecular complexity index is 1130. The third-order valence-electron chi connectivity index (χ3n) is 6.30. The summed E-state index contributed by atoms with van der Waals surface area (Å²) in [6, 6.07) is 23.5. The minimum atomic E-state index is -0.290. The van der Waals surface area contributed by atoms with Crippen LogP contribution in [0.3, 0.4) is 0 Å². The van der Waals surface area contributed by atoms with E-state index in [0.717, 1.165) is 48.3 Å². The van der Waals surface area contributed by atoms with Crippen LogP contribution in [-0.4, -0.2) is 25.7 Å². The van der Waals surface area contributed by atoms with Gasteiger partial charge < -0.3 is 14.5 Å². The maximum Gasteiger partial charge on any atom is 0.338 e. The monoisotopic (exact) mass is 458 g/mol. The molecule has 5 heteroatoms. The Kier molecular flexibility index (Phi) is 7.32. The van der Waals surface area contributed by atoms with Gasteiger partial charge in [0.15, 0.2) is 0 Å². The van der Waals surface area contributed by atoms with Gasteiger partial charge in [-0.3, -0.25) is 0 Å². The van der Waals surface area contributed by atoms with Crippen molar-refractivity contribution in [2.75, 3.05) is 24.6 Å². The van der Waals surface area contributed by atoms with E-state index in [4.69, 9.17) is 22.9 Å². The van der Waals surface area contributed by atoms with Crippen LogP contribution in [0.5, 0.6) is 0 Å². The standard InChI is InChI=1S/C28H27ClN2O2/c1-3-33-28(32)22-10-14-24(15-11-22)31-18-16-21(17-19-31)27(30-2)26-7-5-4-6-25(26)20-8-12-23(29)13-9-20/h4-15,21,27H,3,16-19H2,1H3. The van der Waals surface area contributed by atoms with Crippen LogP contribution in [0, 0.1) is 12.5 Å². The van der Waals surface area contributed by atoms with Crippen LogP contribution >= 0.6 is 11.6 Å². The molecule has 0 spiro atoms. The molecule has 3 aromatic carbocycles. The number of hydrogen-bond acceptors (Lipinski definition) is 3. The zero-order valence-electron chi connectivity index (χ0n) is 18.7. The van der Waals surface area contributed by atoms with E-state index in [2.05, 4.69) is 21.9 Å². The number of halogens is 1. The van der Waals surface area contributed by atoms with Crippen molar-refractivity contribution in [1.29, 1.82) is 0 Å². The highest BCUT2D eigenvalue weighted by Crippen LogP contribution is 2.39. The Morgan fingerprint density at radius 1 is 1.06 bits per heavy atom. The van der Waals surface area contributed by atoms with Gasteiger partial charge in [-0.05, 0) is 67.3 Å². The number of carbonyl (C=O) groups is 1. The first-order chi connectivity index (χ1) is 16.1. The van der Waals surface area contributed by atoms with E-state index in [-0.39, 0.29) is 12.0 Å². The molecule has 1 heterocycles. The second kappa shape index (κ2) is 10.6. The van der Waals surface area contributed by atoms with Crippen LogP contribution in [0.4, 0.5) is 5.69 Å². The van der Waals surface area contributed by atoms with Crippen molar-refractivity contribution >= 4 is 23.3 Å². The van der Waals surface area contributed by atoms with Gasteiger partial charge in [-0.25, -0.2) is 11.4 Å². The van der Waals surface area contributed by atoms with E-state index >= 15 is 0 Å². The fourth-order valence-electron chi connectivity index (χ4n) is 4.57.